The zero-order valence-electron chi connectivity index (χ0n) is 10.7. The Morgan fingerprint density at radius 3 is 2.94 bits per heavy atom. The summed E-state index contributed by atoms with van der Waals surface area (Å²) in [6.45, 7) is 5.67. The Hall–Kier alpha value is -0.290. The highest BCUT2D eigenvalue weighted by atomic mass is 35.5. The van der Waals surface area contributed by atoms with Gasteiger partial charge in [-0.3, -0.25) is 9.58 Å². The van der Waals surface area contributed by atoms with Crippen LogP contribution in [0.3, 0.4) is 0 Å². The number of aromatic nitrogens is 2. The minimum absolute atomic E-state index is 0. The lowest BCUT2D eigenvalue weighted by Gasteiger charge is -2.22. The van der Waals surface area contributed by atoms with Crippen molar-refractivity contribution in [1.82, 2.24) is 20.0 Å². The van der Waals surface area contributed by atoms with E-state index in [1.165, 1.54) is 39.0 Å². The van der Waals surface area contributed by atoms with Crippen molar-refractivity contribution in [3.05, 3.63) is 16.9 Å². The molecule has 4 nitrogen and oxygen atoms in total. The Kier molecular flexibility index (Phi) is 4.22. The van der Waals surface area contributed by atoms with Gasteiger partial charge in [0.05, 0.1) is 16.9 Å². The van der Waals surface area contributed by atoms with Crippen LogP contribution < -0.4 is 5.32 Å². The molecule has 18 heavy (non-hydrogen) atoms. The van der Waals surface area contributed by atoms with Gasteiger partial charge in [-0.2, -0.15) is 5.10 Å². The molecule has 2 fully saturated rings. The number of halogens is 2. The highest BCUT2D eigenvalue weighted by Gasteiger charge is 2.40. The lowest BCUT2D eigenvalue weighted by Crippen LogP contribution is -2.29. The summed E-state index contributed by atoms with van der Waals surface area (Å²) in [5.41, 5.74) is 1.67. The van der Waals surface area contributed by atoms with Gasteiger partial charge in [0.1, 0.15) is 0 Å². The predicted octanol–water partition coefficient (Wildman–Crippen LogP) is 1.68. The Balaban J connectivity index is 0.00000120. The van der Waals surface area contributed by atoms with Crippen molar-refractivity contribution in [3.63, 3.8) is 0 Å². The first-order valence-electron chi connectivity index (χ1n) is 6.28. The molecule has 0 saturated carbocycles. The highest BCUT2D eigenvalue weighted by Crippen LogP contribution is 2.36. The molecule has 2 aliphatic heterocycles. The zero-order chi connectivity index (χ0) is 11.9. The second-order valence-corrected chi connectivity index (χ2v) is 5.86. The SMILES string of the molecule is Cl.Cn1ncc(Cl)c1CN1CCC2(CCNC2)C1. The average molecular weight is 291 g/mol. The lowest BCUT2D eigenvalue weighted by atomic mass is 9.87. The first-order valence-corrected chi connectivity index (χ1v) is 6.66. The Labute approximate surface area is 119 Å². The van der Waals surface area contributed by atoms with Crippen LogP contribution in [0.4, 0.5) is 0 Å². The maximum atomic E-state index is 6.15. The van der Waals surface area contributed by atoms with Crippen LogP contribution in [0.25, 0.3) is 0 Å². The molecule has 0 amide bonds. The summed E-state index contributed by atoms with van der Waals surface area (Å²) < 4.78 is 1.89. The summed E-state index contributed by atoms with van der Waals surface area (Å²) in [5, 5.41) is 8.47. The van der Waals surface area contributed by atoms with Crippen molar-refractivity contribution >= 4 is 24.0 Å². The van der Waals surface area contributed by atoms with Crippen molar-refractivity contribution in [2.75, 3.05) is 26.2 Å². The van der Waals surface area contributed by atoms with E-state index in [4.69, 9.17) is 11.6 Å². The van der Waals surface area contributed by atoms with Crippen LogP contribution in [-0.2, 0) is 13.6 Å². The third kappa shape index (κ3) is 2.52. The topological polar surface area (TPSA) is 33.1 Å². The molecular weight excluding hydrogens is 271 g/mol. The van der Waals surface area contributed by atoms with Crippen LogP contribution in [0.1, 0.15) is 18.5 Å². The second-order valence-electron chi connectivity index (χ2n) is 5.45. The van der Waals surface area contributed by atoms with E-state index in [0.717, 1.165) is 17.3 Å². The van der Waals surface area contributed by atoms with Gasteiger partial charge in [-0.25, -0.2) is 0 Å². The monoisotopic (exact) mass is 290 g/mol. The Morgan fingerprint density at radius 2 is 2.33 bits per heavy atom. The third-order valence-electron chi connectivity index (χ3n) is 4.23. The average Bonchev–Trinajstić information content (AvgIpc) is 3.00. The highest BCUT2D eigenvalue weighted by molar-refractivity contribution is 6.31. The molecule has 1 spiro atoms. The van der Waals surface area contributed by atoms with Gasteiger partial charge in [0.2, 0.25) is 0 Å². The molecule has 0 aliphatic carbocycles. The van der Waals surface area contributed by atoms with E-state index in [0.29, 0.717) is 5.41 Å². The van der Waals surface area contributed by atoms with Crippen LogP contribution in [-0.4, -0.2) is 40.9 Å². The number of hydrogen-bond donors (Lipinski definition) is 1. The summed E-state index contributed by atoms with van der Waals surface area (Å²) in [5.74, 6) is 0. The maximum absolute atomic E-state index is 6.15. The third-order valence-corrected chi connectivity index (χ3v) is 4.55. The molecular formula is C12H20Cl2N4. The summed E-state index contributed by atoms with van der Waals surface area (Å²) in [6.07, 6.45) is 4.37. The summed E-state index contributed by atoms with van der Waals surface area (Å²) >= 11 is 6.15. The van der Waals surface area contributed by atoms with Gasteiger partial charge in [-0.1, -0.05) is 11.6 Å². The van der Waals surface area contributed by atoms with Crippen molar-refractivity contribution in [2.45, 2.75) is 19.4 Å². The summed E-state index contributed by atoms with van der Waals surface area (Å²) in [6, 6.07) is 0. The second kappa shape index (κ2) is 5.37. The van der Waals surface area contributed by atoms with Crippen LogP contribution in [0.15, 0.2) is 6.20 Å². The van der Waals surface area contributed by atoms with E-state index < -0.39 is 0 Å². The first kappa shape index (κ1) is 14.1. The maximum Gasteiger partial charge on any atom is 0.0831 e. The van der Waals surface area contributed by atoms with Crippen molar-refractivity contribution in [1.29, 1.82) is 0 Å². The fourth-order valence-electron chi connectivity index (χ4n) is 3.13. The fraction of sp³-hybridized carbons (Fsp3) is 0.750. The standard InChI is InChI=1S/C12H19ClN4.ClH/c1-16-11(10(13)6-15-16)7-17-5-3-12(9-17)2-4-14-8-12;/h6,14H,2-5,7-9H2,1H3;1H. The molecule has 0 bridgehead atoms. The molecule has 102 valence electrons. The molecule has 1 N–H and O–H groups in total. The van der Waals surface area contributed by atoms with Gasteiger partial charge in [-0.05, 0) is 31.3 Å². The van der Waals surface area contributed by atoms with E-state index in [-0.39, 0.29) is 12.4 Å². The van der Waals surface area contributed by atoms with E-state index in [9.17, 15) is 0 Å². The smallest absolute Gasteiger partial charge is 0.0831 e. The minimum atomic E-state index is 0. The Morgan fingerprint density at radius 1 is 1.50 bits per heavy atom. The number of hydrogen-bond acceptors (Lipinski definition) is 3. The normalized spacial score (nSPS) is 27.9. The molecule has 3 heterocycles. The number of rotatable bonds is 2. The van der Waals surface area contributed by atoms with E-state index in [1.807, 2.05) is 11.7 Å². The van der Waals surface area contributed by atoms with Crippen LogP contribution in [0.5, 0.6) is 0 Å². The molecule has 0 radical (unpaired) electrons. The van der Waals surface area contributed by atoms with Gasteiger partial charge in [0.25, 0.3) is 0 Å². The fourth-order valence-corrected chi connectivity index (χ4v) is 3.36. The largest absolute Gasteiger partial charge is 0.316 e. The van der Waals surface area contributed by atoms with Crippen LogP contribution >= 0.6 is 24.0 Å². The van der Waals surface area contributed by atoms with Crippen molar-refractivity contribution in [2.24, 2.45) is 12.5 Å². The van der Waals surface area contributed by atoms with E-state index in [1.54, 1.807) is 6.20 Å². The minimum Gasteiger partial charge on any atom is -0.316 e. The van der Waals surface area contributed by atoms with Crippen molar-refractivity contribution in [3.8, 4) is 0 Å². The number of nitrogens with one attached hydrogen (secondary N) is 1. The van der Waals surface area contributed by atoms with Gasteiger partial charge in [0, 0.05) is 26.7 Å². The van der Waals surface area contributed by atoms with Crippen LogP contribution in [0.2, 0.25) is 5.02 Å². The quantitative estimate of drug-likeness (QED) is 0.900. The number of aryl methyl sites for hydroxylation is 1. The van der Waals surface area contributed by atoms with Gasteiger partial charge in [0.15, 0.2) is 0 Å². The van der Waals surface area contributed by atoms with E-state index in [2.05, 4.69) is 15.3 Å². The van der Waals surface area contributed by atoms with E-state index >= 15 is 0 Å². The van der Waals surface area contributed by atoms with Gasteiger partial charge >= 0.3 is 0 Å². The number of nitrogens with zero attached hydrogens (tertiary/aromatic N) is 3. The molecule has 1 aromatic heterocycles. The van der Waals surface area contributed by atoms with Gasteiger partial charge < -0.3 is 5.32 Å². The molecule has 2 saturated heterocycles. The molecule has 1 unspecified atom stereocenters. The molecule has 2 aliphatic rings. The Bertz CT molecular complexity index is 393. The van der Waals surface area contributed by atoms with Crippen LogP contribution in [0, 0.1) is 5.41 Å². The molecule has 1 atom stereocenters. The molecule has 1 aromatic rings. The van der Waals surface area contributed by atoms with Gasteiger partial charge in [-0.15, -0.1) is 12.4 Å². The lowest BCUT2D eigenvalue weighted by molar-refractivity contribution is 0.263. The first-order chi connectivity index (χ1) is 8.19. The summed E-state index contributed by atoms with van der Waals surface area (Å²) in [7, 11) is 1.96. The molecule has 6 heteroatoms. The molecule has 0 aromatic carbocycles. The van der Waals surface area contributed by atoms with Crippen molar-refractivity contribution < 1.29 is 0 Å². The number of likely N-dealkylation sites (tertiary alicyclic amines) is 1. The summed E-state index contributed by atoms with van der Waals surface area (Å²) in [4.78, 5) is 2.51. The zero-order valence-corrected chi connectivity index (χ0v) is 12.2. The molecule has 3 rings (SSSR count). The predicted molar refractivity (Wildman–Crippen MR) is 75.3 cm³/mol.